The van der Waals surface area contributed by atoms with Crippen molar-refractivity contribution in [1.29, 1.82) is 0 Å². The Morgan fingerprint density at radius 3 is 2.59 bits per heavy atom. The summed E-state index contributed by atoms with van der Waals surface area (Å²) in [6, 6.07) is 14.3. The third kappa shape index (κ3) is 4.10. The molecule has 0 bridgehead atoms. The lowest BCUT2D eigenvalue weighted by molar-refractivity contribution is -0.196. The first-order chi connectivity index (χ1) is 10.7. The molecule has 2 aromatic rings. The van der Waals surface area contributed by atoms with Gasteiger partial charge in [-0.05, 0) is 17.7 Å². The van der Waals surface area contributed by atoms with Crippen molar-refractivity contribution in [3.8, 4) is 11.5 Å². The zero-order valence-corrected chi connectivity index (χ0v) is 12.1. The van der Waals surface area contributed by atoms with Gasteiger partial charge < -0.3 is 14.7 Å². The minimum Gasteiger partial charge on any atom is -0.493 e. The monoisotopic (exact) mass is 300 g/mol. The predicted molar refractivity (Wildman–Crippen MR) is 82.0 cm³/mol. The van der Waals surface area contributed by atoms with Gasteiger partial charge in [0.25, 0.3) is 0 Å². The van der Waals surface area contributed by atoms with Crippen molar-refractivity contribution in [2.24, 2.45) is 0 Å². The summed E-state index contributed by atoms with van der Waals surface area (Å²) in [4.78, 5) is 21.3. The molecule has 114 valence electrons. The smallest absolute Gasteiger partial charge is 0.339 e. The van der Waals surface area contributed by atoms with Gasteiger partial charge in [0.15, 0.2) is 5.75 Å². The molecule has 0 aliphatic carbocycles. The average molecular weight is 300 g/mol. The Labute approximate surface area is 128 Å². The van der Waals surface area contributed by atoms with Gasteiger partial charge in [-0.25, -0.2) is 4.79 Å². The molecule has 2 rings (SSSR count). The Hall–Kier alpha value is -2.79. The lowest BCUT2D eigenvalue weighted by atomic mass is 10.2. The average Bonchev–Trinajstić information content (AvgIpc) is 2.55. The minimum atomic E-state index is -1.11. The van der Waals surface area contributed by atoms with Crippen LogP contribution in [-0.4, -0.2) is 24.8 Å². The molecule has 0 unspecified atom stereocenters. The summed E-state index contributed by atoms with van der Waals surface area (Å²) in [5, 5.41) is 9.13. The molecule has 0 atom stereocenters. The zero-order chi connectivity index (χ0) is 15.8. The van der Waals surface area contributed by atoms with Crippen molar-refractivity contribution in [3.63, 3.8) is 0 Å². The van der Waals surface area contributed by atoms with Gasteiger partial charge >= 0.3 is 5.97 Å². The molecule has 22 heavy (non-hydrogen) atoms. The van der Waals surface area contributed by atoms with Crippen LogP contribution in [0.2, 0.25) is 0 Å². The summed E-state index contributed by atoms with van der Waals surface area (Å²) in [5.74, 6) is -0.769. The van der Waals surface area contributed by atoms with Crippen LogP contribution in [0.15, 0.2) is 54.6 Å². The van der Waals surface area contributed by atoms with Crippen LogP contribution in [-0.2, 0) is 4.89 Å². The Morgan fingerprint density at radius 2 is 1.91 bits per heavy atom. The molecule has 0 amide bonds. The van der Waals surface area contributed by atoms with E-state index in [1.807, 2.05) is 36.4 Å². The molecule has 2 aromatic carbocycles. The molecule has 5 nitrogen and oxygen atoms in total. The number of aromatic carboxylic acids is 1. The third-order valence-electron chi connectivity index (χ3n) is 2.85. The fourth-order valence-corrected chi connectivity index (χ4v) is 1.81. The van der Waals surface area contributed by atoms with Crippen LogP contribution < -0.4 is 9.62 Å². The quantitative estimate of drug-likeness (QED) is 0.482. The van der Waals surface area contributed by atoms with Crippen LogP contribution in [0.25, 0.3) is 6.08 Å². The molecule has 0 saturated carbocycles. The maximum Gasteiger partial charge on any atom is 0.339 e. The molecular weight excluding hydrogens is 284 g/mol. The number of para-hydroxylation sites is 1. The van der Waals surface area contributed by atoms with E-state index < -0.39 is 5.97 Å². The second kappa shape index (κ2) is 7.85. The van der Waals surface area contributed by atoms with Crippen LogP contribution in [0.4, 0.5) is 0 Å². The summed E-state index contributed by atoms with van der Waals surface area (Å²) in [7, 11) is 1.43. The number of hydrogen-bond acceptors (Lipinski definition) is 4. The van der Waals surface area contributed by atoms with E-state index >= 15 is 0 Å². The Bertz CT molecular complexity index is 649. The van der Waals surface area contributed by atoms with Gasteiger partial charge in [-0.2, -0.15) is 4.89 Å². The second-order valence-electron chi connectivity index (χ2n) is 4.32. The van der Waals surface area contributed by atoms with Gasteiger partial charge in [0.2, 0.25) is 5.75 Å². The highest BCUT2D eigenvalue weighted by Gasteiger charge is 2.17. The fourth-order valence-electron chi connectivity index (χ4n) is 1.81. The van der Waals surface area contributed by atoms with E-state index in [0.717, 1.165) is 5.56 Å². The Kier molecular flexibility index (Phi) is 5.57. The van der Waals surface area contributed by atoms with Crippen molar-refractivity contribution in [3.05, 3.63) is 65.7 Å². The first kappa shape index (κ1) is 15.6. The van der Waals surface area contributed by atoms with E-state index in [0.29, 0.717) is 5.75 Å². The highest BCUT2D eigenvalue weighted by Crippen LogP contribution is 2.31. The maximum atomic E-state index is 11.2. The molecule has 0 radical (unpaired) electrons. The Morgan fingerprint density at radius 1 is 1.14 bits per heavy atom. The number of hydrogen-bond donors (Lipinski definition) is 1. The molecule has 0 heterocycles. The molecule has 0 fully saturated rings. The first-order valence-corrected chi connectivity index (χ1v) is 6.63. The predicted octanol–water partition coefficient (Wildman–Crippen LogP) is 3.42. The molecule has 0 aliphatic rings. The Balaban J connectivity index is 1.97. The minimum absolute atomic E-state index is 0.0219. The standard InChI is InChI=1S/C17H16O5/c1-20-15-11-5-10-14(17(18)19)16(15)22-21-12-6-9-13-7-3-2-4-8-13/h2-11H,12H2,1H3,(H,18,19). The lowest BCUT2D eigenvalue weighted by Crippen LogP contribution is -2.06. The van der Waals surface area contributed by atoms with Gasteiger partial charge in [0.1, 0.15) is 12.2 Å². The van der Waals surface area contributed by atoms with E-state index in [-0.39, 0.29) is 17.9 Å². The van der Waals surface area contributed by atoms with E-state index in [9.17, 15) is 4.79 Å². The van der Waals surface area contributed by atoms with E-state index in [4.69, 9.17) is 19.6 Å². The third-order valence-corrected chi connectivity index (χ3v) is 2.85. The van der Waals surface area contributed by atoms with E-state index in [2.05, 4.69) is 0 Å². The van der Waals surface area contributed by atoms with Crippen molar-refractivity contribution in [2.45, 2.75) is 0 Å². The number of rotatable bonds is 7. The molecule has 0 aliphatic heterocycles. The molecule has 1 N–H and O–H groups in total. The van der Waals surface area contributed by atoms with Crippen LogP contribution in [0.5, 0.6) is 11.5 Å². The highest BCUT2D eigenvalue weighted by molar-refractivity contribution is 5.91. The highest BCUT2D eigenvalue weighted by atomic mass is 17.2. The second-order valence-corrected chi connectivity index (χ2v) is 4.32. The fraction of sp³-hybridized carbons (Fsp3) is 0.118. The van der Waals surface area contributed by atoms with Crippen LogP contribution in [0, 0.1) is 0 Å². The number of carbonyl (C=O) groups is 1. The SMILES string of the molecule is COc1cccc(C(=O)O)c1OOCC=Cc1ccccc1. The number of methoxy groups -OCH3 is 1. The summed E-state index contributed by atoms with van der Waals surface area (Å²) in [6.45, 7) is 0.173. The van der Waals surface area contributed by atoms with Crippen molar-refractivity contribution < 1.29 is 24.4 Å². The van der Waals surface area contributed by atoms with Gasteiger partial charge in [0, 0.05) is 0 Å². The van der Waals surface area contributed by atoms with Gasteiger partial charge in [-0.15, -0.1) is 0 Å². The van der Waals surface area contributed by atoms with Crippen LogP contribution >= 0.6 is 0 Å². The molecular formula is C17H16O5. The molecule has 5 heteroatoms. The number of carboxylic acid groups (broad SMARTS) is 1. The lowest BCUT2D eigenvalue weighted by Gasteiger charge is -2.10. The summed E-state index contributed by atoms with van der Waals surface area (Å²) in [5.41, 5.74) is 1.01. The van der Waals surface area contributed by atoms with Crippen molar-refractivity contribution >= 4 is 12.0 Å². The van der Waals surface area contributed by atoms with Crippen LogP contribution in [0.3, 0.4) is 0 Å². The van der Waals surface area contributed by atoms with Crippen molar-refractivity contribution in [2.75, 3.05) is 13.7 Å². The number of benzene rings is 2. The summed E-state index contributed by atoms with van der Waals surface area (Å²) in [6.07, 6.45) is 3.65. The van der Waals surface area contributed by atoms with E-state index in [1.165, 1.54) is 13.2 Å². The van der Waals surface area contributed by atoms with Crippen LogP contribution in [0.1, 0.15) is 15.9 Å². The molecule has 0 spiro atoms. The summed E-state index contributed by atoms with van der Waals surface area (Å²) >= 11 is 0. The zero-order valence-electron chi connectivity index (χ0n) is 12.1. The molecule has 0 aromatic heterocycles. The van der Waals surface area contributed by atoms with Gasteiger partial charge in [0.05, 0.1) is 7.11 Å². The van der Waals surface area contributed by atoms with Crippen molar-refractivity contribution in [1.82, 2.24) is 0 Å². The number of ether oxygens (including phenoxy) is 1. The largest absolute Gasteiger partial charge is 0.493 e. The maximum absolute atomic E-state index is 11.2. The van der Waals surface area contributed by atoms with Gasteiger partial charge in [-0.1, -0.05) is 48.6 Å². The summed E-state index contributed by atoms with van der Waals surface area (Å²) < 4.78 is 5.08. The molecule has 0 saturated heterocycles. The van der Waals surface area contributed by atoms with Gasteiger partial charge in [-0.3, -0.25) is 0 Å². The first-order valence-electron chi connectivity index (χ1n) is 6.63. The number of carboxylic acids is 1. The normalized spacial score (nSPS) is 10.6. The van der Waals surface area contributed by atoms with E-state index in [1.54, 1.807) is 18.2 Å². The topological polar surface area (TPSA) is 65.0 Å².